The molecule has 1 spiro atoms. The Balaban J connectivity index is 0.000000605. The molecule has 0 aliphatic carbocycles. The van der Waals surface area contributed by atoms with E-state index >= 15 is 0 Å². The lowest BCUT2D eigenvalue weighted by Crippen LogP contribution is -2.57. The molecule has 2 fully saturated rings. The van der Waals surface area contributed by atoms with Gasteiger partial charge in [-0.2, -0.15) is 0 Å². The molecular formula is C6H11ClN2O2. The Hall–Kier alpha value is -0.320. The van der Waals surface area contributed by atoms with Crippen molar-refractivity contribution in [2.75, 3.05) is 13.2 Å². The zero-order valence-corrected chi connectivity index (χ0v) is 6.82. The van der Waals surface area contributed by atoms with Gasteiger partial charge in [-0.05, 0) is 6.42 Å². The summed E-state index contributed by atoms with van der Waals surface area (Å²) in [6, 6.07) is -0.316. The van der Waals surface area contributed by atoms with E-state index in [9.17, 15) is 4.79 Å². The monoisotopic (exact) mass is 178 g/mol. The van der Waals surface area contributed by atoms with Gasteiger partial charge in [0.15, 0.2) is 0 Å². The summed E-state index contributed by atoms with van der Waals surface area (Å²) < 4.78 is 4.99. The van der Waals surface area contributed by atoms with Crippen LogP contribution in [0.25, 0.3) is 0 Å². The van der Waals surface area contributed by atoms with Gasteiger partial charge >= 0.3 is 0 Å². The molecule has 0 bridgehead atoms. The van der Waals surface area contributed by atoms with E-state index in [0.29, 0.717) is 13.2 Å². The number of hydrogen-bond donors (Lipinski definition) is 2. The molecule has 0 saturated carbocycles. The van der Waals surface area contributed by atoms with Crippen molar-refractivity contribution in [2.45, 2.75) is 18.0 Å². The van der Waals surface area contributed by atoms with Crippen LogP contribution in [0.2, 0.25) is 0 Å². The third-order valence-electron chi connectivity index (χ3n) is 2.09. The predicted octanol–water partition coefficient (Wildman–Crippen LogP) is -0.976. The average molecular weight is 179 g/mol. The van der Waals surface area contributed by atoms with Crippen molar-refractivity contribution in [3.05, 3.63) is 0 Å². The number of rotatable bonds is 0. The minimum Gasteiger partial charge on any atom is -0.376 e. The summed E-state index contributed by atoms with van der Waals surface area (Å²) in [5.74, 6) is -0.0386. The highest BCUT2D eigenvalue weighted by molar-refractivity contribution is 5.85. The summed E-state index contributed by atoms with van der Waals surface area (Å²) in [7, 11) is 0. The van der Waals surface area contributed by atoms with Crippen LogP contribution in [0, 0.1) is 0 Å². The topological polar surface area (TPSA) is 64.3 Å². The van der Waals surface area contributed by atoms with E-state index in [1.165, 1.54) is 0 Å². The molecule has 1 atom stereocenters. The molecule has 5 heteroatoms. The molecule has 2 heterocycles. The lowest BCUT2D eigenvalue weighted by atomic mass is 9.94. The van der Waals surface area contributed by atoms with Crippen molar-refractivity contribution in [1.29, 1.82) is 0 Å². The normalized spacial score (nSPS) is 32.5. The van der Waals surface area contributed by atoms with Crippen LogP contribution < -0.4 is 11.1 Å². The summed E-state index contributed by atoms with van der Waals surface area (Å²) >= 11 is 0. The van der Waals surface area contributed by atoms with Crippen LogP contribution >= 0.6 is 12.4 Å². The lowest BCUT2D eigenvalue weighted by molar-refractivity contribution is -0.124. The highest BCUT2D eigenvalue weighted by atomic mass is 35.5. The molecule has 0 aromatic heterocycles. The molecule has 2 aliphatic heterocycles. The van der Waals surface area contributed by atoms with Crippen molar-refractivity contribution in [1.82, 2.24) is 5.32 Å². The van der Waals surface area contributed by atoms with Gasteiger partial charge in [-0.15, -0.1) is 12.4 Å². The number of ether oxygens (including phenoxy) is 1. The lowest BCUT2D eigenvalue weighted by Gasteiger charge is -2.37. The van der Waals surface area contributed by atoms with Gasteiger partial charge in [-0.1, -0.05) is 0 Å². The third-order valence-corrected chi connectivity index (χ3v) is 2.09. The predicted molar refractivity (Wildman–Crippen MR) is 41.5 cm³/mol. The third kappa shape index (κ3) is 1.21. The number of halogens is 1. The standard InChI is InChI=1S/C6H10N2O2.ClH/c7-4-1-6(2-10-3-6)8-5(4)9;/h4H,1-3,7H2,(H,8,9);1H. The SMILES string of the molecule is Cl.NC1CC2(COC2)NC1=O. The van der Waals surface area contributed by atoms with E-state index in [1.54, 1.807) is 0 Å². The average Bonchev–Trinajstić information content (AvgIpc) is 2.08. The Morgan fingerprint density at radius 1 is 1.64 bits per heavy atom. The minimum absolute atomic E-state index is 0. The van der Waals surface area contributed by atoms with Crippen LogP contribution in [0.4, 0.5) is 0 Å². The first-order valence-corrected chi connectivity index (χ1v) is 3.37. The van der Waals surface area contributed by atoms with Gasteiger partial charge in [-0.3, -0.25) is 4.79 Å². The molecule has 0 aromatic carbocycles. The molecule has 1 amide bonds. The molecule has 0 radical (unpaired) electrons. The first kappa shape index (κ1) is 8.77. The van der Waals surface area contributed by atoms with Gasteiger partial charge in [0.2, 0.25) is 5.91 Å². The van der Waals surface area contributed by atoms with Gasteiger partial charge in [0, 0.05) is 0 Å². The number of hydrogen-bond acceptors (Lipinski definition) is 3. The Labute approximate surface area is 70.9 Å². The fourth-order valence-electron chi connectivity index (χ4n) is 1.46. The van der Waals surface area contributed by atoms with Crippen LogP contribution in [-0.2, 0) is 9.53 Å². The molecular weight excluding hydrogens is 168 g/mol. The zero-order valence-electron chi connectivity index (χ0n) is 6.00. The van der Waals surface area contributed by atoms with Crippen LogP contribution in [0.5, 0.6) is 0 Å². The number of carbonyl (C=O) groups is 1. The summed E-state index contributed by atoms with van der Waals surface area (Å²) in [5.41, 5.74) is 5.41. The smallest absolute Gasteiger partial charge is 0.237 e. The highest BCUT2D eigenvalue weighted by Crippen LogP contribution is 2.26. The van der Waals surface area contributed by atoms with Crippen LogP contribution in [0.1, 0.15) is 6.42 Å². The molecule has 0 aromatic rings. The van der Waals surface area contributed by atoms with Crippen LogP contribution in [0.3, 0.4) is 0 Å². The van der Waals surface area contributed by atoms with Gasteiger partial charge < -0.3 is 15.8 Å². The summed E-state index contributed by atoms with van der Waals surface area (Å²) in [4.78, 5) is 10.9. The second-order valence-electron chi connectivity index (χ2n) is 3.07. The Bertz CT molecular complexity index is 181. The van der Waals surface area contributed by atoms with Crippen molar-refractivity contribution in [2.24, 2.45) is 5.73 Å². The Morgan fingerprint density at radius 2 is 2.27 bits per heavy atom. The molecule has 2 saturated heterocycles. The summed E-state index contributed by atoms with van der Waals surface area (Å²) in [6.45, 7) is 1.26. The van der Waals surface area contributed by atoms with Crippen LogP contribution in [-0.4, -0.2) is 30.7 Å². The second-order valence-corrected chi connectivity index (χ2v) is 3.07. The molecule has 2 aliphatic rings. The minimum atomic E-state index is -0.316. The van der Waals surface area contributed by atoms with Gasteiger partial charge in [0.1, 0.15) is 0 Å². The summed E-state index contributed by atoms with van der Waals surface area (Å²) in [5, 5.41) is 2.83. The number of nitrogens with two attached hydrogens (primary N) is 1. The van der Waals surface area contributed by atoms with Crippen LogP contribution in [0.15, 0.2) is 0 Å². The molecule has 3 N–H and O–H groups in total. The maximum absolute atomic E-state index is 10.9. The van der Waals surface area contributed by atoms with Crippen molar-refractivity contribution >= 4 is 18.3 Å². The summed E-state index contributed by atoms with van der Waals surface area (Å²) in [6.07, 6.45) is 0.728. The van der Waals surface area contributed by atoms with E-state index in [-0.39, 0.29) is 29.9 Å². The number of carbonyl (C=O) groups excluding carboxylic acids is 1. The van der Waals surface area contributed by atoms with E-state index < -0.39 is 0 Å². The molecule has 4 nitrogen and oxygen atoms in total. The maximum Gasteiger partial charge on any atom is 0.237 e. The molecule has 1 unspecified atom stereocenters. The maximum atomic E-state index is 10.9. The van der Waals surface area contributed by atoms with E-state index in [4.69, 9.17) is 10.5 Å². The Morgan fingerprint density at radius 3 is 2.45 bits per heavy atom. The van der Waals surface area contributed by atoms with Gasteiger partial charge in [0.25, 0.3) is 0 Å². The first-order valence-electron chi connectivity index (χ1n) is 3.37. The van der Waals surface area contributed by atoms with Gasteiger partial charge in [-0.25, -0.2) is 0 Å². The zero-order chi connectivity index (χ0) is 7.19. The Kier molecular flexibility index (Phi) is 2.09. The van der Waals surface area contributed by atoms with E-state index in [0.717, 1.165) is 6.42 Å². The van der Waals surface area contributed by atoms with E-state index in [2.05, 4.69) is 5.32 Å². The second kappa shape index (κ2) is 2.62. The fraction of sp³-hybridized carbons (Fsp3) is 0.833. The van der Waals surface area contributed by atoms with Crippen molar-refractivity contribution in [3.63, 3.8) is 0 Å². The highest BCUT2D eigenvalue weighted by Gasteiger charge is 2.47. The van der Waals surface area contributed by atoms with Crippen molar-refractivity contribution < 1.29 is 9.53 Å². The van der Waals surface area contributed by atoms with Crippen molar-refractivity contribution in [3.8, 4) is 0 Å². The molecule has 11 heavy (non-hydrogen) atoms. The van der Waals surface area contributed by atoms with Gasteiger partial charge in [0.05, 0.1) is 24.8 Å². The number of nitrogens with one attached hydrogen (secondary N) is 1. The fourth-order valence-corrected chi connectivity index (χ4v) is 1.46. The quantitative estimate of drug-likeness (QED) is 0.502. The molecule has 64 valence electrons. The largest absolute Gasteiger partial charge is 0.376 e. The number of amides is 1. The first-order chi connectivity index (χ1) is 4.72. The van der Waals surface area contributed by atoms with E-state index in [1.807, 2.05) is 0 Å². The molecule has 2 rings (SSSR count).